The number of aliphatic imine (C=N–C) groups is 1. The zero-order chi connectivity index (χ0) is 22.5. The van der Waals surface area contributed by atoms with Gasteiger partial charge in [-0.2, -0.15) is 10.3 Å². The summed E-state index contributed by atoms with van der Waals surface area (Å²) < 4.78 is 5.68. The van der Waals surface area contributed by atoms with Gasteiger partial charge in [0.15, 0.2) is 5.17 Å². The fourth-order valence-corrected chi connectivity index (χ4v) is 4.09. The van der Waals surface area contributed by atoms with Crippen molar-refractivity contribution in [3.8, 4) is 11.8 Å². The van der Waals surface area contributed by atoms with E-state index in [1.807, 2.05) is 55.5 Å². The first kappa shape index (κ1) is 21.6. The van der Waals surface area contributed by atoms with Crippen molar-refractivity contribution in [2.75, 3.05) is 13.2 Å². The number of ether oxygens (including phenoxy) is 1. The smallest absolute Gasteiger partial charge is 0.286 e. The second kappa shape index (κ2) is 9.64. The van der Waals surface area contributed by atoms with Gasteiger partial charge < -0.3 is 15.2 Å². The summed E-state index contributed by atoms with van der Waals surface area (Å²) in [5.41, 5.74) is 2.63. The Morgan fingerprint density at radius 2 is 2.09 bits per heavy atom. The molecule has 8 heteroatoms. The third-order valence-corrected chi connectivity index (χ3v) is 5.74. The van der Waals surface area contributed by atoms with Crippen molar-refractivity contribution in [2.24, 2.45) is 4.99 Å². The van der Waals surface area contributed by atoms with E-state index in [0.29, 0.717) is 38.9 Å². The fraction of sp³-hybridized carbons (Fsp3) is 0.167. The second-order valence-corrected chi connectivity index (χ2v) is 7.99. The highest BCUT2D eigenvalue weighted by Crippen LogP contribution is 2.32. The summed E-state index contributed by atoms with van der Waals surface area (Å²) >= 11 is 1.22. The first-order valence-electron chi connectivity index (χ1n) is 10.0. The Balaban J connectivity index is 1.51. The highest BCUT2D eigenvalue weighted by molar-refractivity contribution is 8.18. The van der Waals surface area contributed by atoms with Crippen LogP contribution in [0.1, 0.15) is 29.7 Å². The summed E-state index contributed by atoms with van der Waals surface area (Å²) in [5, 5.41) is 23.8. The van der Waals surface area contributed by atoms with Gasteiger partial charge in [-0.25, -0.2) is 0 Å². The van der Waals surface area contributed by atoms with Gasteiger partial charge in [-0.15, -0.1) is 0 Å². The van der Waals surface area contributed by atoms with Crippen LogP contribution in [0.25, 0.3) is 17.0 Å². The molecule has 2 heterocycles. The highest BCUT2D eigenvalue weighted by Gasteiger charge is 2.22. The number of fused-ring (bicyclic) bond motifs is 1. The highest BCUT2D eigenvalue weighted by atomic mass is 32.2. The normalized spacial score (nSPS) is 15.5. The minimum absolute atomic E-state index is 0.243. The predicted molar refractivity (Wildman–Crippen MR) is 125 cm³/mol. The zero-order valence-electron chi connectivity index (χ0n) is 17.3. The maximum atomic E-state index is 12.4. The molecule has 1 atom stereocenters. The van der Waals surface area contributed by atoms with Crippen molar-refractivity contribution in [2.45, 2.75) is 13.0 Å². The van der Waals surface area contributed by atoms with Gasteiger partial charge >= 0.3 is 0 Å². The Hall–Kier alpha value is -3.67. The van der Waals surface area contributed by atoms with Gasteiger partial charge in [-0.05, 0) is 48.0 Å². The Morgan fingerprint density at radius 1 is 1.28 bits per heavy atom. The maximum absolute atomic E-state index is 12.4. The first-order chi connectivity index (χ1) is 15.6. The molecule has 1 aromatic heterocycles. The summed E-state index contributed by atoms with van der Waals surface area (Å²) in [6.45, 7) is 2.52. The van der Waals surface area contributed by atoms with Crippen LogP contribution in [0.4, 0.5) is 0 Å². The number of nitrogens with zero attached hydrogens (tertiary/aromatic N) is 3. The molecule has 32 heavy (non-hydrogen) atoms. The summed E-state index contributed by atoms with van der Waals surface area (Å²) in [5.74, 6) is 0.139. The van der Waals surface area contributed by atoms with E-state index in [-0.39, 0.29) is 12.5 Å². The van der Waals surface area contributed by atoms with Crippen molar-refractivity contribution < 1.29 is 14.6 Å². The third kappa shape index (κ3) is 4.64. The lowest BCUT2D eigenvalue weighted by atomic mass is 10.1. The lowest BCUT2D eigenvalue weighted by Gasteiger charge is -2.12. The maximum Gasteiger partial charge on any atom is 0.286 e. The van der Waals surface area contributed by atoms with Crippen LogP contribution in [0.3, 0.4) is 0 Å². The zero-order valence-corrected chi connectivity index (χ0v) is 18.1. The van der Waals surface area contributed by atoms with Gasteiger partial charge in [-0.1, -0.05) is 36.4 Å². The molecule has 1 aliphatic heterocycles. The van der Waals surface area contributed by atoms with Gasteiger partial charge in [0.2, 0.25) is 0 Å². The van der Waals surface area contributed by atoms with Crippen LogP contribution in [0.2, 0.25) is 0 Å². The average Bonchev–Trinajstić information content (AvgIpc) is 3.17. The fourth-order valence-electron chi connectivity index (χ4n) is 3.27. The first-order valence-corrected chi connectivity index (χ1v) is 10.9. The molecule has 0 bridgehead atoms. The number of nitriles is 1. The van der Waals surface area contributed by atoms with Gasteiger partial charge in [0.05, 0.1) is 23.1 Å². The van der Waals surface area contributed by atoms with E-state index in [2.05, 4.69) is 21.4 Å². The number of hydrogen-bond donors (Lipinski definition) is 2. The molecule has 160 valence electrons. The number of carbonyl (C=O) groups excluding carboxylic acids is 1. The van der Waals surface area contributed by atoms with Crippen LogP contribution in [0.15, 0.2) is 64.6 Å². The number of carbonyl (C=O) groups is 1. The molecule has 1 amide bonds. The summed E-state index contributed by atoms with van der Waals surface area (Å²) in [6, 6.07) is 16.9. The van der Waals surface area contributed by atoms with Gasteiger partial charge in [-0.3, -0.25) is 9.78 Å². The minimum Gasteiger partial charge on any atom is -0.492 e. The standard InChI is InChI=1S/C24H20N4O3S/c1-2-31-22-17(12-25)13-26-19-9-8-15(10-18(19)22)11-21-23(30)28-24(32-21)27-14-20(29)16-6-4-3-5-7-16/h3-11,13,20,29H,2,14H2,1H3,(H,27,28,30)/b21-11-. The van der Waals surface area contributed by atoms with E-state index in [4.69, 9.17) is 4.74 Å². The number of aliphatic hydroxyl groups is 1. The molecule has 2 aromatic carbocycles. The third-order valence-electron chi connectivity index (χ3n) is 4.80. The molecule has 0 radical (unpaired) electrons. The van der Waals surface area contributed by atoms with Crippen LogP contribution in [0.5, 0.6) is 5.75 Å². The number of pyridine rings is 1. The molecule has 0 spiro atoms. The quantitative estimate of drug-likeness (QED) is 0.557. The van der Waals surface area contributed by atoms with Crippen LogP contribution < -0.4 is 10.1 Å². The van der Waals surface area contributed by atoms with Crippen molar-refractivity contribution >= 4 is 39.8 Å². The van der Waals surface area contributed by atoms with Crippen LogP contribution in [0, 0.1) is 11.3 Å². The Labute approximate surface area is 189 Å². The van der Waals surface area contributed by atoms with E-state index in [9.17, 15) is 15.2 Å². The number of amides is 1. The molecule has 4 rings (SSSR count). The summed E-state index contributed by atoms with van der Waals surface area (Å²) in [7, 11) is 0. The molecule has 1 aliphatic rings. The Bertz CT molecular complexity index is 1270. The number of aromatic nitrogens is 1. The second-order valence-electron chi connectivity index (χ2n) is 6.96. The van der Waals surface area contributed by atoms with E-state index in [1.54, 1.807) is 6.08 Å². The number of thioether (sulfide) groups is 1. The number of nitrogens with one attached hydrogen (secondary N) is 1. The molecule has 7 nitrogen and oxygen atoms in total. The molecule has 0 saturated heterocycles. The summed E-state index contributed by atoms with van der Waals surface area (Å²) in [4.78, 5) is 21.2. The Morgan fingerprint density at radius 3 is 2.84 bits per heavy atom. The largest absolute Gasteiger partial charge is 0.492 e. The van der Waals surface area contributed by atoms with Crippen molar-refractivity contribution in [3.63, 3.8) is 0 Å². The van der Waals surface area contributed by atoms with E-state index in [0.717, 1.165) is 11.1 Å². The monoisotopic (exact) mass is 444 g/mol. The van der Waals surface area contributed by atoms with Crippen LogP contribution in [-0.4, -0.2) is 34.3 Å². The molecular formula is C24H20N4O3S. The van der Waals surface area contributed by atoms with Crippen molar-refractivity contribution in [3.05, 3.63) is 76.3 Å². The molecule has 1 unspecified atom stereocenters. The van der Waals surface area contributed by atoms with Crippen molar-refractivity contribution in [1.29, 1.82) is 5.26 Å². The number of amidine groups is 1. The van der Waals surface area contributed by atoms with E-state index in [1.165, 1.54) is 18.0 Å². The molecular weight excluding hydrogens is 424 g/mol. The van der Waals surface area contributed by atoms with Crippen LogP contribution >= 0.6 is 11.8 Å². The molecule has 0 fully saturated rings. The van der Waals surface area contributed by atoms with E-state index >= 15 is 0 Å². The minimum atomic E-state index is -0.707. The molecule has 2 N–H and O–H groups in total. The Kier molecular flexibility index (Phi) is 6.50. The number of hydrogen-bond acceptors (Lipinski definition) is 7. The topological polar surface area (TPSA) is 108 Å². The van der Waals surface area contributed by atoms with Crippen LogP contribution in [-0.2, 0) is 4.79 Å². The molecule has 0 saturated carbocycles. The predicted octanol–water partition coefficient (Wildman–Crippen LogP) is 3.80. The number of benzene rings is 2. The van der Waals surface area contributed by atoms with Gasteiger partial charge in [0.1, 0.15) is 17.4 Å². The average molecular weight is 445 g/mol. The SMILES string of the molecule is CCOc1c(C#N)cnc2ccc(/C=C3\SC(NCC(O)c4ccccc4)=NC3=O)cc12. The number of aliphatic hydroxyl groups excluding tert-OH is 1. The van der Waals surface area contributed by atoms with E-state index < -0.39 is 6.10 Å². The lowest BCUT2D eigenvalue weighted by molar-refractivity contribution is -0.113. The van der Waals surface area contributed by atoms with Gasteiger partial charge in [0.25, 0.3) is 5.91 Å². The van der Waals surface area contributed by atoms with Gasteiger partial charge in [0, 0.05) is 18.1 Å². The molecule has 3 aromatic rings. The summed E-state index contributed by atoms with van der Waals surface area (Å²) in [6.07, 6.45) is 2.53. The molecule has 0 aliphatic carbocycles. The number of rotatable bonds is 6. The van der Waals surface area contributed by atoms with Crippen molar-refractivity contribution in [1.82, 2.24) is 10.3 Å². The lowest BCUT2D eigenvalue weighted by Crippen LogP contribution is -2.25.